The number of hydrogen-bond acceptors (Lipinski definition) is 5. The first kappa shape index (κ1) is 16.7. The lowest BCUT2D eigenvalue weighted by molar-refractivity contribution is 0.0697. The first-order valence-electron chi connectivity index (χ1n) is 8.02. The first-order chi connectivity index (χ1) is 11.6. The zero-order chi connectivity index (χ0) is 16.9. The van der Waals surface area contributed by atoms with Gasteiger partial charge in [0.1, 0.15) is 5.76 Å². The van der Waals surface area contributed by atoms with Crippen LogP contribution in [0.4, 0.5) is 0 Å². The molecule has 2 N–H and O–H groups in total. The summed E-state index contributed by atoms with van der Waals surface area (Å²) in [5.74, 6) is -0.428. The van der Waals surface area contributed by atoms with Gasteiger partial charge in [-0.05, 0) is 44.1 Å². The smallest absolute Gasteiger partial charge is 0.336 e. The van der Waals surface area contributed by atoms with Gasteiger partial charge in [0.15, 0.2) is 0 Å². The molecule has 2 aromatic heterocycles. The second-order valence-electron chi connectivity index (χ2n) is 5.84. The second-order valence-corrected chi connectivity index (χ2v) is 6.75. The first-order valence-corrected chi connectivity index (χ1v) is 8.90. The highest BCUT2D eigenvalue weighted by Crippen LogP contribution is 2.25. The van der Waals surface area contributed by atoms with E-state index in [0.29, 0.717) is 11.4 Å². The summed E-state index contributed by atoms with van der Waals surface area (Å²) in [6.07, 6.45) is 5.18. The van der Waals surface area contributed by atoms with Crippen LogP contribution in [0, 0.1) is 0 Å². The number of carboxylic acids is 1. The number of thiophene rings is 1. The highest BCUT2D eigenvalue weighted by molar-refractivity contribution is 7.12. The molecule has 0 spiro atoms. The largest absolute Gasteiger partial charge is 0.478 e. The van der Waals surface area contributed by atoms with Gasteiger partial charge in [0.2, 0.25) is 0 Å². The Hall–Kier alpha value is -2.12. The van der Waals surface area contributed by atoms with Gasteiger partial charge in [-0.25, -0.2) is 4.79 Å². The minimum Gasteiger partial charge on any atom is -0.478 e. The maximum Gasteiger partial charge on any atom is 0.336 e. The van der Waals surface area contributed by atoms with Crippen molar-refractivity contribution >= 4 is 23.2 Å². The van der Waals surface area contributed by atoms with Crippen molar-refractivity contribution in [3.8, 4) is 0 Å². The lowest BCUT2D eigenvalue weighted by Gasteiger charge is -2.33. The SMILES string of the molecule is O=C(O)c1csc(C(=O)NCC(c2ccco2)N2CCCCC2)c1. The molecule has 2 aromatic rings. The van der Waals surface area contributed by atoms with Crippen molar-refractivity contribution in [2.24, 2.45) is 0 Å². The number of hydrogen-bond donors (Lipinski definition) is 2. The highest BCUT2D eigenvalue weighted by Gasteiger charge is 2.25. The summed E-state index contributed by atoms with van der Waals surface area (Å²) >= 11 is 1.14. The fraction of sp³-hybridized carbons (Fsp3) is 0.412. The Bertz CT molecular complexity index is 689. The van der Waals surface area contributed by atoms with Gasteiger partial charge in [0, 0.05) is 11.9 Å². The number of carbonyl (C=O) groups is 2. The van der Waals surface area contributed by atoms with Crippen LogP contribution in [0.5, 0.6) is 0 Å². The summed E-state index contributed by atoms with van der Waals surface area (Å²) < 4.78 is 5.55. The third-order valence-corrected chi connectivity index (χ3v) is 5.16. The average Bonchev–Trinajstić information content (AvgIpc) is 3.28. The molecule has 1 amide bonds. The molecule has 0 aliphatic carbocycles. The number of carboxylic acid groups (broad SMARTS) is 1. The van der Waals surface area contributed by atoms with Crippen molar-refractivity contribution < 1.29 is 19.1 Å². The van der Waals surface area contributed by atoms with E-state index in [2.05, 4.69) is 10.2 Å². The molecule has 1 atom stereocenters. The van der Waals surface area contributed by atoms with Crippen LogP contribution < -0.4 is 5.32 Å². The standard InChI is InChI=1S/C17H20N2O4S/c20-16(15-9-12(11-24-15)17(21)22)18-10-13(14-5-4-8-23-14)19-6-2-1-3-7-19/h4-5,8-9,11,13H,1-3,6-7,10H2,(H,18,20)(H,21,22). The lowest BCUT2D eigenvalue weighted by Crippen LogP contribution is -2.40. The van der Waals surface area contributed by atoms with Gasteiger partial charge in [-0.1, -0.05) is 6.42 Å². The van der Waals surface area contributed by atoms with Crippen LogP contribution in [0.1, 0.15) is 51.1 Å². The summed E-state index contributed by atoms with van der Waals surface area (Å²) in [7, 11) is 0. The molecular weight excluding hydrogens is 328 g/mol. The molecule has 128 valence electrons. The Labute approximate surface area is 144 Å². The molecule has 6 nitrogen and oxygen atoms in total. The molecular formula is C17H20N2O4S. The molecule has 0 saturated carbocycles. The monoisotopic (exact) mass is 348 g/mol. The normalized spacial score (nSPS) is 16.7. The van der Waals surface area contributed by atoms with Gasteiger partial charge >= 0.3 is 5.97 Å². The molecule has 0 bridgehead atoms. The molecule has 0 radical (unpaired) electrons. The molecule has 7 heteroatoms. The van der Waals surface area contributed by atoms with E-state index in [1.54, 1.807) is 6.26 Å². The minimum atomic E-state index is -1.02. The number of carbonyl (C=O) groups excluding carboxylic acids is 1. The molecule has 0 aromatic carbocycles. The maximum absolute atomic E-state index is 12.3. The fourth-order valence-electron chi connectivity index (χ4n) is 2.96. The summed E-state index contributed by atoms with van der Waals surface area (Å²) in [6.45, 7) is 2.42. The van der Waals surface area contributed by atoms with Crippen LogP contribution >= 0.6 is 11.3 Å². The van der Waals surface area contributed by atoms with Crippen molar-refractivity contribution in [2.75, 3.05) is 19.6 Å². The maximum atomic E-state index is 12.3. The van der Waals surface area contributed by atoms with E-state index in [1.807, 2.05) is 12.1 Å². The second kappa shape index (κ2) is 7.63. The van der Waals surface area contributed by atoms with Gasteiger partial charge in [-0.15, -0.1) is 11.3 Å². The van der Waals surface area contributed by atoms with E-state index in [9.17, 15) is 9.59 Å². The molecule has 24 heavy (non-hydrogen) atoms. The van der Waals surface area contributed by atoms with E-state index in [1.165, 1.54) is 17.9 Å². The van der Waals surface area contributed by atoms with Crippen molar-refractivity contribution in [3.63, 3.8) is 0 Å². The van der Waals surface area contributed by atoms with E-state index in [4.69, 9.17) is 9.52 Å². The molecule has 3 rings (SSSR count). The molecule has 1 saturated heterocycles. The molecule has 1 fully saturated rings. The average molecular weight is 348 g/mol. The third-order valence-electron chi connectivity index (χ3n) is 4.23. The Kier molecular flexibility index (Phi) is 5.32. The van der Waals surface area contributed by atoms with E-state index in [-0.39, 0.29) is 17.5 Å². The van der Waals surface area contributed by atoms with Gasteiger partial charge in [-0.3, -0.25) is 9.69 Å². The topological polar surface area (TPSA) is 82.8 Å². The predicted molar refractivity (Wildman–Crippen MR) is 90.5 cm³/mol. The van der Waals surface area contributed by atoms with Crippen LogP contribution in [0.3, 0.4) is 0 Å². The number of nitrogens with zero attached hydrogens (tertiary/aromatic N) is 1. The van der Waals surface area contributed by atoms with Gasteiger partial charge < -0.3 is 14.8 Å². The summed E-state index contributed by atoms with van der Waals surface area (Å²) in [6, 6.07) is 5.19. The van der Waals surface area contributed by atoms with E-state index in [0.717, 1.165) is 43.0 Å². The molecule has 1 unspecified atom stereocenters. The van der Waals surface area contributed by atoms with Gasteiger partial charge in [0.05, 0.1) is 22.7 Å². The van der Waals surface area contributed by atoms with Gasteiger partial charge in [0.25, 0.3) is 5.91 Å². The Morgan fingerprint density at radius 1 is 1.33 bits per heavy atom. The summed E-state index contributed by atoms with van der Waals surface area (Å²) in [4.78, 5) is 26.0. The zero-order valence-electron chi connectivity index (χ0n) is 13.2. The van der Waals surface area contributed by atoms with Crippen LogP contribution in [-0.4, -0.2) is 41.5 Å². The highest BCUT2D eigenvalue weighted by atomic mass is 32.1. The number of rotatable bonds is 6. The number of likely N-dealkylation sites (tertiary alicyclic amines) is 1. The number of aromatic carboxylic acids is 1. The van der Waals surface area contributed by atoms with E-state index >= 15 is 0 Å². The van der Waals surface area contributed by atoms with Crippen LogP contribution in [0.25, 0.3) is 0 Å². The molecule has 1 aliphatic heterocycles. The number of piperidine rings is 1. The van der Waals surface area contributed by atoms with Crippen LogP contribution in [0.15, 0.2) is 34.3 Å². The lowest BCUT2D eigenvalue weighted by atomic mass is 10.1. The van der Waals surface area contributed by atoms with Crippen LogP contribution in [-0.2, 0) is 0 Å². The number of furan rings is 1. The van der Waals surface area contributed by atoms with Crippen molar-refractivity contribution in [2.45, 2.75) is 25.3 Å². The van der Waals surface area contributed by atoms with E-state index < -0.39 is 5.97 Å². The van der Waals surface area contributed by atoms with Crippen molar-refractivity contribution in [3.05, 3.63) is 46.0 Å². The summed E-state index contributed by atoms with van der Waals surface area (Å²) in [5, 5.41) is 13.3. The molecule has 1 aliphatic rings. The number of nitrogens with one attached hydrogen (secondary N) is 1. The Morgan fingerprint density at radius 3 is 2.75 bits per heavy atom. The minimum absolute atomic E-state index is 0.00292. The predicted octanol–water partition coefficient (Wildman–Crippen LogP) is 3.00. The van der Waals surface area contributed by atoms with Crippen molar-refractivity contribution in [1.29, 1.82) is 0 Å². The Balaban J connectivity index is 1.66. The van der Waals surface area contributed by atoms with Crippen LogP contribution in [0.2, 0.25) is 0 Å². The summed E-state index contributed by atoms with van der Waals surface area (Å²) in [5.41, 5.74) is 0.142. The third kappa shape index (κ3) is 3.85. The zero-order valence-corrected chi connectivity index (χ0v) is 14.1. The number of amides is 1. The fourth-order valence-corrected chi connectivity index (χ4v) is 3.76. The van der Waals surface area contributed by atoms with Crippen molar-refractivity contribution in [1.82, 2.24) is 10.2 Å². The Morgan fingerprint density at radius 2 is 2.12 bits per heavy atom. The van der Waals surface area contributed by atoms with Gasteiger partial charge in [-0.2, -0.15) is 0 Å². The quantitative estimate of drug-likeness (QED) is 0.838. The molecule has 3 heterocycles.